The Balaban J connectivity index is 5.17. The zero-order chi connectivity index (χ0) is 62.0. The van der Waals surface area contributed by atoms with Crippen LogP contribution in [0.1, 0.15) is 330 Å². The molecule has 0 radical (unpaired) electrons. The fourth-order valence-corrected chi connectivity index (χ4v) is 11.3. The molecule has 0 spiro atoms. The zero-order valence-corrected chi connectivity index (χ0v) is 55.8. The molecule has 0 aliphatic heterocycles. The van der Waals surface area contributed by atoms with Crippen molar-refractivity contribution in [3.05, 3.63) is 0 Å². The molecule has 19 heteroatoms. The van der Waals surface area contributed by atoms with Crippen LogP contribution in [0.4, 0.5) is 0 Å². The first-order chi connectivity index (χ1) is 40.5. The molecule has 0 fully saturated rings. The Labute approximate surface area is 511 Å². The van der Waals surface area contributed by atoms with Crippen molar-refractivity contribution in [2.45, 2.75) is 348 Å². The number of hydrogen-bond acceptors (Lipinski definition) is 15. The molecule has 0 aliphatic carbocycles. The van der Waals surface area contributed by atoms with E-state index in [0.717, 1.165) is 121 Å². The van der Waals surface area contributed by atoms with Crippen molar-refractivity contribution < 1.29 is 80.2 Å². The quantitative estimate of drug-likeness (QED) is 0.0222. The van der Waals surface area contributed by atoms with Gasteiger partial charge in [-0.3, -0.25) is 37.3 Å². The summed E-state index contributed by atoms with van der Waals surface area (Å²) in [4.78, 5) is 72.0. The molecule has 0 saturated carbocycles. The van der Waals surface area contributed by atoms with Gasteiger partial charge in [0.1, 0.15) is 19.3 Å². The number of rotatable bonds is 65. The van der Waals surface area contributed by atoms with E-state index in [4.69, 9.17) is 37.0 Å². The van der Waals surface area contributed by atoms with E-state index in [0.29, 0.717) is 25.7 Å². The van der Waals surface area contributed by atoms with E-state index in [2.05, 4.69) is 34.6 Å². The van der Waals surface area contributed by atoms with Crippen molar-refractivity contribution in [1.29, 1.82) is 0 Å². The average molecular weight is 1240 g/mol. The number of carbonyl (C=O) groups excluding carboxylic acids is 4. The second-order valence-electron chi connectivity index (χ2n) is 24.0. The molecule has 5 atom stereocenters. The third-order valence-electron chi connectivity index (χ3n) is 15.0. The fraction of sp³-hybridized carbons (Fsp3) is 0.938. The number of phosphoric acid groups is 2. The van der Waals surface area contributed by atoms with Crippen molar-refractivity contribution in [2.75, 3.05) is 39.6 Å². The molecule has 0 aromatic carbocycles. The molecule has 17 nitrogen and oxygen atoms in total. The molecule has 0 aliphatic rings. The monoisotopic (exact) mass is 1240 g/mol. The van der Waals surface area contributed by atoms with Gasteiger partial charge in [0.05, 0.1) is 26.4 Å². The first-order valence-electron chi connectivity index (χ1n) is 34.1. The third-order valence-corrected chi connectivity index (χ3v) is 16.9. The number of aliphatic hydroxyl groups is 1. The number of ether oxygens (including phenoxy) is 4. The van der Waals surface area contributed by atoms with Crippen LogP contribution >= 0.6 is 15.6 Å². The van der Waals surface area contributed by atoms with Gasteiger partial charge in [-0.2, -0.15) is 0 Å². The summed E-state index contributed by atoms with van der Waals surface area (Å²) < 4.78 is 67.9. The van der Waals surface area contributed by atoms with Gasteiger partial charge in [-0.1, -0.05) is 279 Å². The van der Waals surface area contributed by atoms with E-state index in [1.54, 1.807) is 0 Å². The minimum Gasteiger partial charge on any atom is -0.462 e. The second kappa shape index (κ2) is 58.7. The number of esters is 4. The van der Waals surface area contributed by atoms with Crippen molar-refractivity contribution in [2.24, 2.45) is 5.92 Å². The summed E-state index contributed by atoms with van der Waals surface area (Å²) in [6.45, 7) is 7.13. The molecule has 0 bridgehead atoms. The van der Waals surface area contributed by atoms with E-state index in [1.165, 1.54) is 128 Å². The van der Waals surface area contributed by atoms with Crippen molar-refractivity contribution >= 4 is 39.5 Å². The summed E-state index contributed by atoms with van der Waals surface area (Å²) in [6, 6.07) is 0. The van der Waals surface area contributed by atoms with Crippen LogP contribution in [0.15, 0.2) is 0 Å². The SMILES string of the molecule is CCCCCCCCCCCCCCCCCCC(=O)O[C@H](COC(=O)CCCCCCCCCCCCCC(C)C)COP(=O)(O)OC[C@@H](O)COP(=O)(O)OC[C@@H](COC(=O)CCCCCCCCC)OC(=O)CCCCCCCCC. The molecule has 0 aromatic rings. The molecular weight excluding hydrogens is 1110 g/mol. The van der Waals surface area contributed by atoms with Crippen LogP contribution in [0.2, 0.25) is 0 Å². The van der Waals surface area contributed by atoms with E-state index >= 15 is 0 Å². The van der Waals surface area contributed by atoms with Gasteiger partial charge in [0.2, 0.25) is 0 Å². The van der Waals surface area contributed by atoms with Gasteiger partial charge in [-0.05, 0) is 31.6 Å². The van der Waals surface area contributed by atoms with Crippen molar-refractivity contribution in [3.63, 3.8) is 0 Å². The predicted molar refractivity (Wildman–Crippen MR) is 335 cm³/mol. The smallest absolute Gasteiger partial charge is 0.462 e. The van der Waals surface area contributed by atoms with Crippen molar-refractivity contribution in [3.8, 4) is 0 Å². The minimum absolute atomic E-state index is 0.103. The summed E-state index contributed by atoms with van der Waals surface area (Å²) in [7, 11) is -9.88. The summed E-state index contributed by atoms with van der Waals surface area (Å²) >= 11 is 0. The van der Waals surface area contributed by atoms with Gasteiger partial charge in [0, 0.05) is 25.7 Å². The Kier molecular flexibility index (Phi) is 57.4. The molecule has 0 rings (SSSR count). The van der Waals surface area contributed by atoms with Crippen LogP contribution in [-0.2, 0) is 65.4 Å². The van der Waals surface area contributed by atoms with Crippen LogP contribution in [-0.4, -0.2) is 96.7 Å². The van der Waals surface area contributed by atoms with Crippen LogP contribution in [0.5, 0.6) is 0 Å². The van der Waals surface area contributed by atoms with Crippen LogP contribution in [0.3, 0.4) is 0 Å². The van der Waals surface area contributed by atoms with Gasteiger partial charge in [-0.25, -0.2) is 9.13 Å². The lowest BCUT2D eigenvalue weighted by Gasteiger charge is -2.21. The lowest BCUT2D eigenvalue weighted by molar-refractivity contribution is -0.161. The van der Waals surface area contributed by atoms with Crippen LogP contribution in [0, 0.1) is 5.92 Å². The third kappa shape index (κ3) is 59.0. The number of hydrogen-bond donors (Lipinski definition) is 3. The standard InChI is InChI=1S/C65H126O17P2/c1-6-9-12-15-18-19-20-21-22-23-24-27-31-36-41-46-51-65(70)82-61(55-76-63(68)49-44-39-35-30-28-25-26-29-34-37-42-47-58(4)5)57-80-84(73,74)78-53-59(66)52-77-83(71,72)79-56-60(81-64(69)50-45-40-33-17-14-11-8-3)54-75-62(67)48-43-38-32-16-13-10-7-2/h58-61,66H,6-57H2,1-5H3,(H,71,72)(H,73,74)/t59-,60+,61+/m0/s1. The van der Waals surface area contributed by atoms with Crippen LogP contribution in [0.25, 0.3) is 0 Å². The van der Waals surface area contributed by atoms with Gasteiger partial charge in [-0.15, -0.1) is 0 Å². The first-order valence-corrected chi connectivity index (χ1v) is 37.1. The van der Waals surface area contributed by atoms with Gasteiger partial charge < -0.3 is 33.8 Å². The molecule has 0 heterocycles. The lowest BCUT2D eigenvalue weighted by Crippen LogP contribution is -2.30. The maximum absolute atomic E-state index is 13.0. The Morgan fingerprint density at radius 2 is 0.548 bits per heavy atom. The van der Waals surface area contributed by atoms with Gasteiger partial charge in [0.15, 0.2) is 12.2 Å². The number of aliphatic hydroxyl groups excluding tert-OH is 1. The van der Waals surface area contributed by atoms with E-state index in [-0.39, 0.29) is 25.7 Å². The topological polar surface area (TPSA) is 237 Å². The molecule has 0 aromatic heterocycles. The number of phosphoric ester groups is 2. The highest BCUT2D eigenvalue weighted by Crippen LogP contribution is 2.45. The van der Waals surface area contributed by atoms with E-state index in [1.807, 2.05) is 0 Å². The van der Waals surface area contributed by atoms with Crippen LogP contribution < -0.4 is 0 Å². The van der Waals surface area contributed by atoms with Crippen molar-refractivity contribution in [1.82, 2.24) is 0 Å². The minimum atomic E-state index is -4.94. The summed E-state index contributed by atoms with van der Waals surface area (Å²) in [6.07, 6.45) is 43.3. The lowest BCUT2D eigenvalue weighted by atomic mass is 10.0. The Morgan fingerprint density at radius 3 is 0.810 bits per heavy atom. The van der Waals surface area contributed by atoms with Gasteiger partial charge >= 0.3 is 39.5 Å². The highest BCUT2D eigenvalue weighted by Gasteiger charge is 2.30. The normalized spacial score (nSPS) is 14.2. The molecular formula is C65H126O17P2. The maximum atomic E-state index is 13.0. The summed E-state index contributed by atoms with van der Waals surface area (Å²) in [5.41, 5.74) is 0. The Bertz CT molecular complexity index is 1640. The average Bonchev–Trinajstić information content (AvgIpc) is 3.65. The highest BCUT2D eigenvalue weighted by atomic mass is 31.2. The van der Waals surface area contributed by atoms with Gasteiger partial charge in [0.25, 0.3) is 0 Å². The zero-order valence-electron chi connectivity index (χ0n) is 54.0. The molecule has 498 valence electrons. The van der Waals surface area contributed by atoms with E-state index < -0.39 is 97.5 Å². The number of unbranched alkanes of at least 4 members (excludes halogenated alkanes) is 37. The first kappa shape index (κ1) is 82.1. The highest BCUT2D eigenvalue weighted by molar-refractivity contribution is 7.47. The molecule has 3 N–H and O–H groups in total. The second-order valence-corrected chi connectivity index (χ2v) is 26.9. The fourth-order valence-electron chi connectivity index (χ4n) is 9.76. The predicted octanol–water partition coefficient (Wildman–Crippen LogP) is 18.2. The molecule has 84 heavy (non-hydrogen) atoms. The molecule has 2 unspecified atom stereocenters. The molecule has 0 amide bonds. The Morgan fingerprint density at radius 1 is 0.321 bits per heavy atom. The number of carbonyl (C=O) groups is 4. The molecule has 0 saturated heterocycles. The maximum Gasteiger partial charge on any atom is 0.472 e. The largest absolute Gasteiger partial charge is 0.472 e. The summed E-state index contributed by atoms with van der Waals surface area (Å²) in [5, 5.41) is 10.5. The van der Waals surface area contributed by atoms with E-state index in [9.17, 15) is 43.2 Å². The Hall–Kier alpha value is -1.94. The summed E-state index contributed by atoms with van der Waals surface area (Å²) in [5.74, 6) is -1.37.